The summed E-state index contributed by atoms with van der Waals surface area (Å²) in [6, 6.07) is 4.77. The summed E-state index contributed by atoms with van der Waals surface area (Å²) in [6.45, 7) is 3.87. The van der Waals surface area contributed by atoms with Gasteiger partial charge in [-0.15, -0.1) is 0 Å². The zero-order chi connectivity index (χ0) is 12.8. The van der Waals surface area contributed by atoms with Gasteiger partial charge in [-0.1, -0.05) is 25.8 Å². The summed E-state index contributed by atoms with van der Waals surface area (Å²) in [6.07, 6.45) is 8.14. The van der Waals surface area contributed by atoms with Crippen molar-refractivity contribution in [3.8, 4) is 0 Å². The molecule has 18 heavy (non-hydrogen) atoms. The minimum atomic E-state index is 0.579. The Labute approximate surface area is 110 Å². The van der Waals surface area contributed by atoms with Gasteiger partial charge in [-0.3, -0.25) is 4.98 Å². The Balaban J connectivity index is 1.93. The predicted molar refractivity (Wildman–Crippen MR) is 75.3 cm³/mol. The second-order valence-electron chi connectivity index (χ2n) is 5.23. The van der Waals surface area contributed by atoms with E-state index >= 15 is 0 Å². The lowest BCUT2D eigenvalue weighted by Crippen LogP contribution is -2.41. The molecule has 0 aliphatic heterocycles. The van der Waals surface area contributed by atoms with Gasteiger partial charge in [-0.2, -0.15) is 0 Å². The van der Waals surface area contributed by atoms with Crippen LogP contribution in [0.1, 0.15) is 43.9 Å². The van der Waals surface area contributed by atoms with Gasteiger partial charge in [0, 0.05) is 18.8 Å². The molecule has 1 aliphatic rings. The molecule has 0 radical (unpaired) electrons. The highest BCUT2D eigenvalue weighted by atomic mass is 14.9. The standard InChI is InChI=1S/C15H25N3/c1-2-12-7-5-9-17-15(12)11-18-14-8-4-3-6-13(14)10-16/h5,7,9,13-14,18H,2-4,6,8,10-11,16H2,1H3. The van der Waals surface area contributed by atoms with Crippen LogP contribution < -0.4 is 11.1 Å². The van der Waals surface area contributed by atoms with Gasteiger partial charge in [0.15, 0.2) is 0 Å². The molecule has 0 bridgehead atoms. The minimum Gasteiger partial charge on any atom is -0.330 e. The van der Waals surface area contributed by atoms with Crippen molar-refractivity contribution in [2.75, 3.05) is 6.54 Å². The Kier molecular flexibility index (Phi) is 5.14. The molecule has 0 spiro atoms. The summed E-state index contributed by atoms with van der Waals surface area (Å²) in [5.74, 6) is 0.646. The van der Waals surface area contributed by atoms with Crippen LogP contribution in [0.5, 0.6) is 0 Å². The van der Waals surface area contributed by atoms with Gasteiger partial charge in [-0.05, 0) is 43.4 Å². The van der Waals surface area contributed by atoms with Gasteiger partial charge >= 0.3 is 0 Å². The summed E-state index contributed by atoms with van der Waals surface area (Å²) < 4.78 is 0. The second-order valence-corrected chi connectivity index (χ2v) is 5.23. The maximum Gasteiger partial charge on any atom is 0.0573 e. The molecule has 3 nitrogen and oxygen atoms in total. The molecule has 1 aliphatic carbocycles. The fourth-order valence-electron chi connectivity index (χ4n) is 2.94. The average molecular weight is 247 g/mol. The van der Waals surface area contributed by atoms with Gasteiger partial charge < -0.3 is 11.1 Å². The maximum absolute atomic E-state index is 5.86. The highest BCUT2D eigenvalue weighted by Gasteiger charge is 2.23. The molecule has 1 aromatic heterocycles. The van der Waals surface area contributed by atoms with E-state index in [0.717, 1.165) is 19.5 Å². The van der Waals surface area contributed by atoms with Gasteiger partial charge in [0.05, 0.1) is 5.69 Å². The Bertz CT molecular complexity index is 365. The average Bonchev–Trinajstić information content (AvgIpc) is 2.45. The van der Waals surface area contributed by atoms with E-state index in [9.17, 15) is 0 Å². The summed E-state index contributed by atoms with van der Waals surface area (Å²) in [5.41, 5.74) is 8.41. The van der Waals surface area contributed by atoms with Crippen molar-refractivity contribution in [3.05, 3.63) is 29.6 Å². The van der Waals surface area contributed by atoms with Gasteiger partial charge in [-0.25, -0.2) is 0 Å². The Morgan fingerprint density at radius 2 is 2.22 bits per heavy atom. The number of nitrogens with one attached hydrogen (secondary N) is 1. The molecule has 3 N–H and O–H groups in total. The van der Waals surface area contributed by atoms with E-state index in [4.69, 9.17) is 5.73 Å². The lowest BCUT2D eigenvalue weighted by molar-refractivity contribution is 0.266. The SMILES string of the molecule is CCc1cccnc1CNC1CCCCC1CN. The van der Waals surface area contributed by atoms with Crippen LogP contribution in [0.3, 0.4) is 0 Å². The van der Waals surface area contributed by atoms with Crippen LogP contribution in [0, 0.1) is 5.92 Å². The van der Waals surface area contributed by atoms with Crippen molar-refractivity contribution in [1.82, 2.24) is 10.3 Å². The molecule has 0 amide bonds. The smallest absolute Gasteiger partial charge is 0.0573 e. The summed E-state index contributed by atoms with van der Waals surface area (Å²) in [5, 5.41) is 3.67. The van der Waals surface area contributed by atoms with E-state index in [-0.39, 0.29) is 0 Å². The van der Waals surface area contributed by atoms with Crippen molar-refractivity contribution in [3.63, 3.8) is 0 Å². The molecule has 2 unspecified atom stereocenters. The normalized spacial score (nSPS) is 24.1. The number of rotatable bonds is 5. The molecule has 0 aromatic carbocycles. The molecular weight excluding hydrogens is 222 g/mol. The van der Waals surface area contributed by atoms with Gasteiger partial charge in [0.1, 0.15) is 0 Å². The third-order valence-electron chi connectivity index (χ3n) is 4.11. The van der Waals surface area contributed by atoms with E-state index in [1.165, 1.54) is 36.9 Å². The fraction of sp³-hybridized carbons (Fsp3) is 0.667. The lowest BCUT2D eigenvalue weighted by Gasteiger charge is -2.31. The number of nitrogens with two attached hydrogens (primary N) is 1. The van der Waals surface area contributed by atoms with Crippen LogP contribution in [0.15, 0.2) is 18.3 Å². The zero-order valence-electron chi connectivity index (χ0n) is 11.4. The largest absolute Gasteiger partial charge is 0.330 e. The van der Waals surface area contributed by atoms with E-state index in [1.54, 1.807) is 0 Å². The van der Waals surface area contributed by atoms with E-state index < -0.39 is 0 Å². The maximum atomic E-state index is 5.86. The lowest BCUT2D eigenvalue weighted by atomic mass is 9.84. The van der Waals surface area contributed by atoms with Crippen molar-refractivity contribution in [2.45, 2.75) is 51.6 Å². The van der Waals surface area contributed by atoms with E-state index in [1.807, 2.05) is 12.3 Å². The quantitative estimate of drug-likeness (QED) is 0.839. The Morgan fingerprint density at radius 1 is 1.39 bits per heavy atom. The third-order valence-corrected chi connectivity index (χ3v) is 4.11. The van der Waals surface area contributed by atoms with Crippen molar-refractivity contribution in [1.29, 1.82) is 0 Å². The van der Waals surface area contributed by atoms with E-state index in [2.05, 4.69) is 23.3 Å². The first-order valence-corrected chi connectivity index (χ1v) is 7.21. The number of aryl methyl sites for hydroxylation is 1. The van der Waals surface area contributed by atoms with Gasteiger partial charge in [0.2, 0.25) is 0 Å². The second kappa shape index (κ2) is 6.86. The van der Waals surface area contributed by atoms with Crippen LogP contribution in [-0.2, 0) is 13.0 Å². The molecule has 100 valence electrons. The summed E-state index contributed by atoms with van der Waals surface area (Å²) in [7, 11) is 0. The first-order valence-electron chi connectivity index (χ1n) is 7.21. The summed E-state index contributed by atoms with van der Waals surface area (Å²) >= 11 is 0. The first-order chi connectivity index (χ1) is 8.85. The highest BCUT2D eigenvalue weighted by molar-refractivity contribution is 5.19. The minimum absolute atomic E-state index is 0.579. The third kappa shape index (κ3) is 3.30. The highest BCUT2D eigenvalue weighted by Crippen LogP contribution is 2.23. The monoisotopic (exact) mass is 247 g/mol. The van der Waals surface area contributed by atoms with Crippen LogP contribution in [0.4, 0.5) is 0 Å². The number of nitrogens with zero attached hydrogens (tertiary/aromatic N) is 1. The molecule has 2 rings (SSSR count). The van der Waals surface area contributed by atoms with Crippen molar-refractivity contribution in [2.24, 2.45) is 11.7 Å². The van der Waals surface area contributed by atoms with Crippen LogP contribution in [0.2, 0.25) is 0 Å². The molecular formula is C15H25N3. The number of hydrogen-bond donors (Lipinski definition) is 2. The Morgan fingerprint density at radius 3 is 3.00 bits per heavy atom. The van der Waals surface area contributed by atoms with Crippen molar-refractivity contribution < 1.29 is 0 Å². The van der Waals surface area contributed by atoms with E-state index in [0.29, 0.717) is 12.0 Å². The molecule has 1 aromatic rings. The number of hydrogen-bond acceptors (Lipinski definition) is 3. The molecule has 0 saturated heterocycles. The van der Waals surface area contributed by atoms with Crippen LogP contribution in [0.25, 0.3) is 0 Å². The molecule has 2 atom stereocenters. The Hall–Kier alpha value is -0.930. The molecule has 1 saturated carbocycles. The fourth-order valence-corrected chi connectivity index (χ4v) is 2.94. The molecule has 1 fully saturated rings. The summed E-state index contributed by atoms with van der Waals surface area (Å²) in [4.78, 5) is 4.49. The molecule has 3 heteroatoms. The zero-order valence-corrected chi connectivity index (χ0v) is 11.4. The predicted octanol–water partition coefficient (Wildman–Crippen LogP) is 2.25. The number of aromatic nitrogens is 1. The topological polar surface area (TPSA) is 50.9 Å². The van der Waals surface area contributed by atoms with Gasteiger partial charge in [0.25, 0.3) is 0 Å². The first kappa shape index (κ1) is 13.5. The number of pyridine rings is 1. The molecule has 1 heterocycles. The van der Waals surface area contributed by atoms with Crippen LogP contribution >= 0.6 is 0 Å². The van der Waals surface area contributed by atoms with Crippen LogP contribution in [-0.4, -0.2) is 17.6 Å². The van der Waals surface area contributed by atoms with Crippen molar-refractivity contribution >= 4 is 0 Å².